The van der Waals surface area contributed by atoms with Crippen molar-refractivity contribution in [1.82, 2.24) is 15.2 Å². The van der Waals surface area contributed by atoms with Crippen LogP contribution in [0.25, 0.3) is 10.9 Å². The van der Waals surface area contributed by atoms with Crippen molar-refractivity contribution in [3.63, 3.8) is 0 Å². The van der Waals surface area contributed by atoms with E-state index in [1.807, 2.05) is 12.3 Å². The van der Waals surface area contributed by atoms with E-state index in [-0.39, 0.29) is 0 Å². The van der Waals surface area contributed by atoms with Gasteiger partial charge >= 0.3 is 0 Å². The van der Waals surface area contributed by atoms with Crippen molar-refractivity contribution >= 4 is 10.9 Å². The maximum absolute atomic E-state index is 4.55. The molecule has 2 aromatic rings. The first-order valence-electron chi connectivity index (χ1n) is 7.11. The van der Waals surface area contributed by atoms with E-state index in [0.717, 1.165) is 38.1 Å². The molecule has 1 atom stereocenters. The Morgan fingerprint density at radius 3 is 2.89 bits per heavy atom. The van der Waals surface area contributed by atoms with E-state index in [9.17, 15) is 0 Å². The zero-order valence-electron chi connectivity index (χ0n) is 11.5. The first kappa shape index (κ1) is 12.6. The largest absolute Gasteiger partial charge is 0.314 e. The van der Waals surface area contributed by atoms with Crippen LogP contribution in [0.15, 0.2) is 36.5 Å². The summed E-state index contributed by atoms with van der Waals surface area (Å²) in [6.45, 7) is 6.85. The Labute approximate surface area is 114 Å². The van der Waals surface area contributed by atoms with Gasteiger partial charge in [-0.2, -0.15) is 0 Å². The van der Waals surface area contributed by atoms with Gasteiger partial charge in [-0.05, 0) is 31.0 Å². The van der Waals surface area contributed by atoms with Gasteiger partial charge in [-0.25, -0.2) is 0 Å². The summed E-state index contributed by atoms with van der Waals surface area (Å²) in [5.41, 5.74) is 2.42. The molecule has 0 radical (unpaired) electrons. The van der Waals surface area contributed by atoms with Crippen LogP contribution in [0, 0.1) is 0 Å². The van der Waals surface area contributed by atoms with Crippen LogP contribution in [0.1, 0.15) is 12.5 Å². The van der Waals surface area contributed by atoms with Crippen molar-refractivity contribution < 1.29 is 0 Å². The average Bonchev–Trinajstić information content (AvgIpc) is 2.48. The maximum atomic E-state index is 4.55. The number of hydrogen-bond acceptors (Lipinski definition) is 3. The third kappa shape index (κ3) is 2.94. The SMILES string of the molecule is CC(Cc1cnc2ccccc2c1)N1CCNCC1. The molecule has 0 bridgehead atoms. The van der Waals surface area contributed by atoms with Crippen LogP contribution in [0.4, 0.5) is 0 Å². The summed E-state index contributed by atoms with van der Waals surface area (Å²) in [6.07, 6.45) is 3.11. The van der Waals surface area contributed by atoms with Gasteiger partial charge in [-0.15, -0.1) is 0 Å². The molecule has 0 aliphatic carbocycles. The summed E-state index contributed by atoms with van der Waals surface area (Å²) in [7, 11) is 0. The summed E-state index contributed by atoms with van der Waals surface area (Å²) in [6, 6.07) is 11.2. The molecule has 0 saturated carbocycles. The van der Waals surface area contributed by atoms with Gasteiger partial charge in [0.25, 0.3) is 0 Å². The van der Waals surface area contributed by atoms with Crippen molar-refractivity contribution in [2.75, 3.05) is 26.2 Å². The van der Waals surface area contributed by atoms with Gasteiger partial charge in [0.1, 0.15) is 0 Å². The van der Waals surface area contributed by atoms with Crippen LogP contribution in [0.2, 0.25) is 0 Å². The molecule has 0 spiro atoms. The summed E-state index contributed by atoms with van der Waals surface area (Å²) >= 11 is 0. The molecule has 1 saturated heterocycles. The molecule has 1 unspecified atom stereocenters. The molecule has 2 heterocycles. The van der Waals surface area contributed by atoms with Crippen molar-refractivity contribution in [3.8, 4) is 0 Å². The number of pyridine rings is 1. The molecule has 1 fully saturated rings. The number of para-hydroxylation sites is 1. The monoisotopic (exact) mass is 255 g/mol. The number of piperazine rings is 1. The fourth-order valence-corrected chi connectivity index (χ4v) is 2.82. The van der Waals surface area contributed by atoms with Gasteiger partial charge < -0.3 is 5.32 Å². The molecule has 1 aromatic heterocycles. The van der Waals surface area contributed by atoms with Gasteiger partial charge in [0.05, 0.1) is 5.52 Å². The molecule has 3 nitrogen and oxygen atoms in total. The molecule has 100 valence electrons. The van der Waals surface area contributed by atoms with Gasteiger partial charge in [-0.3, -0.25) is 9.88 Å². The van der Waals surface area contributed by atoms with Crippen LogP contribution in [0.5, 0.6) is 0 Å². The number of nitrogens with zero attached hydrogens (tertiary/aromatic N) is 2. The highest BCUT2D eigenvalue weighted by Crippen LogP contribution is 2.15. The van der Waals surface area contributed by atoms with Gasteiger partial charge in [0.2, 0.25) is 0 Å². The Hall–Kier alpha value is -1.45. The van der Waals surface area contributed by atoms with E-state index in [4.69, 9.17) is 0 Å². The Balaban J connectivity index is 1.73. The lowest BCUT2D eigenvalue weighted by atomic mass is 10.1. The molecule has 1 aliphatic heterocycles. The Kier molecular flexibility index (Phi) is 3.76. The summed E-state index contributed by atoms with van der Waals surface area (Å²) in [4.78, 5) is 7.11. The third-order valence-corrected chi connectivity index (χ3v) is 3.95. The second-order valence-electron chi connectivity index (χ2n) is 5.38. The molecular formula is C16H21N3. The van der Waals surface area contributed by atoms with Crippen molar-refractivity contribution in [1.29, 1.82) is 0 Å². The zero-order chi connectivity index (χ0) is 13.1. The van der Waals surface area contributed by atoms with E-state index in [1.54, 1.807) is 0 Å². The lowest BCUT2D eigenvalue weighted by Crippen LogP contribution is -2.48. The number of hydrogen-bond donors (Lipinski definition) is 1. The van der Waals surface area contributed by atoms with Crippen LogP contribution in [-0.4, -0.2) is 42.1 Å². The summed E-state index contributed by atoms with van der Waals surface area (Å²) in [5, 5.41) is 4.65. The zero-order valence-corrected chi connectivity index (χ0v) is 11.5. The van der Waals surface area contributed by atoms with E-state index in [0.29, 0.717) is 6.04 Å². The molecule has 1 N–H and O–H groups in total. The standard InChI is InChI=1S/C16H21N3/c1-13(19-8-6-17-7-9-19)10-14-11-15-4-2-3-5-16(15)18-12-14/h2-5,11-13,17H,6-10H2,1H3. The second kappa shape index (κ2) is 5.68. The second-order valence-corrected chi connectivity index (χ2v) is 5.38. The van der Waals surface area contributed by atoms with E-state index in [2.05, 4.69) is 46.4 Å². The quantitative estimate of drug-likeness (QED) is 0.910. The fourth-order valence-electron chi connectivity index (χ4n) is 2.82. The van der Waals surface area contributed by atoms with Crippen LogP contribution in [-0.2, 0) is 6.42 Å². The minimum Gasteiger partial charge on any atom is -0.314 e. The number of rotatable bonds is 3. The topological polar surface area (TPSA) is 28.2 Å². The van der Waals surface area contributed by atoms with Crippen LogP contribution in [0.3, 0.4) is 0 Å². The first-order chi connectivity index (χ1) is 9.33. The van der Waals surface area contributed by atoms with E-state index in [1.165, 1.54) is 10.9 Å². The Morgan fingerprint density at radius 2 is 2.05 bits per heavy atom. The average molecular weight is 255 g/mol. The van der Waals surface area contributed by atoms with Gasteiger partial charge in [-0.1, -0.05) is 18.2 Å². The number of fused-ring (bicyclic) bond motifs is 1. The molecule has 3 rings (SSSR count). The van der Waals surface area contributed by atoms with Gasteiger partial charge in [0, 0.05) is 43.8 Å². The number of nitrogens with one attached hydrogen (secondary N) is 1. The normalized spacial score (nSPS) is 18.6. The first-order valence-corrected chi connectivity index (χ1v) is 7.11. The predicted molar refractivity (Wildman–Crippen MR) is 79.4 cm³/mol. The maximum Gasteiger partial charge on any atom is 0.0702 e. The minimum atomic E-state index is 0.588. The van der Waals surface area contributed by atoms with Crippen LogP contribution < -0.4 is 5.32 Å². The molecule has 19 heavy (non-hydrogen) atoms. The number of benzene rings is 1. The predicted octanol–water partition coefficient (Wildman–Crippen LogP) is 2.07. The molecule has 3 heteroatoms. The van der Waals surface area contributed by atoms with Gasteiger partial charge in [0.15, 0.2) is 0 Å². The smallest absolute Gasteiger partial charge is 0.0702 e. The number of aromatic nitrogens is 1. The molecule has 1 aromatic carbocycles. The van der Waals surface area contributed by atoms with Crippen molar-refractivity contribution in [2.24, 2.45) is 0 Å². The minimum absolute atomic E-state index is 0.588. The fraction of sp³-hybridized carbons (Fsp3) is 0.438. The summed E-state index contributed by atoms with van der Waals surface area (Å²) in [5.74, 6) is 0. The van der Waals surface area contributed by atoms with Crippen molar-refractivity contribution in [3.05, 3.63) is 42.1 Å². The molecular weight excluding hydrogens is 234 g/mol. The summed E-state index contributed by atoms with van der Waals surface area (Å²) < 4.78 is 0. The highest BCUT2D eigenvalue weighted by atomic mass is 15.2. The van der Waals surface area contributed by atoms with Crippen molar-refractivity contribution in [2.45, 2.75) is 19.4 Å². The lowest BCUT2D eigenvalue weighted by molar-refractivity contribution is 0.183. The molecule has 0 amide bonds. The third-order valence-electron chi connectivity index (χ3n) is 3.95. The van der Waals surface area contributed by atoms with Crippen LogP contribution >= 0.6 is 0 Å². The Bertz CT molecular complexity index is 546. The van der Waals surface area contributed by atoms with E-state index < -0.39 is 0 Å². The Morgan fingerprint density at radius 1 is 1.26 bits per heavy atom. The highest BCUT2D eigenvalue weighted by Gasteiger charge is 2.16. The molecule has 1 aliphatic rings. The lowest BCUT2D eigenvalue weighted by Gasteiger charge is -2.32. The van der Waals surface area contributed by atoms with E-state index >= 15 is 0 Å². The highest BCUT2D eigenvalue weighted by molar-refractivity contribution is 5.78.